The lowest BCUT2D eigenvalue weighted by atomic mass is 9.95. The number of carboxylic acids is 1. The number of carboxylic acid groups (broad SMARTS) is 1. The van der Waals surface area contributed by atoms with Crippen LogP contribution in [-0.2, 0) is 9.59 Å². The van der Waals surface area contributed by atoms with Crippen molar-refractivity contribution in [3.63, 3.8) is 0 Å². The fraction of sp³-hybridized carbons (Fsp3) is 0.350. The molecule has 0 saturated carbocycles. The van der Waals surface area contributed by atoms with Gasteiger partial charge in [-0.15, -0.1) is 0 Å². The summed E-state index contributed by atoms with van der Waals surface area (Å²) in [5.41, 5.74) is 2.65. The van der Waals surface area contributed by atoms with Gasteiger partial charge in [0.1, 0.15) is 6.04 Å². The van der Waals surface area contributed by atoms with Gasteiger partial charge in [-0.25, -0.2) is 0 Å². The zero-order chi connectivity index (χ0) is 20.3. The van der Waals surface area contributed by atoms with Gasteiger partial charge in [0.05, 0.1) is 21.9 Å². The Bertz CT molecular complexity index is 883. The Hall–Kier alpha value is -2.31. The second-order valence-electron chi connectivity index (χ2n) is 6.86. The number of halogens is 2. The second kappa shape index (κ2) is 8.80. The van der Waals surface area contributed by atoms with Crippen molar-refractivity contribution in [1.82, 2.24) is 10.3 Å². The number of aliphatic carboxylic acids is 1. The molecule has 1 atom stereocenters. The van der Waals surface area contributed by atoms with Gasteiger partial charge in [-0.05, 0) is 31.9 Å². The molecule has 1 unspecified atom stereocenters. The predicted octanol–water partition coefficient (Wildman–Crippen LogP) is 3.86. The highest BCUT2D eigenvalue weighted by molar-refractivity contribution is 6.43. The number of nitrogens with one attached hydrogen (secondary N) is 1. The molecule has 2 N–H and O–H groups in total. The van der Waals surface area contributed by atoms with E-state index in [0.717, 1.165) is 16.8 Å². The van der Waals surface area contributed by atoms with Crippen molar-refractivity contribution in [3.05, 3.63) is 46.7 Å². The van der Waals surface area contributed by atoms with Crippen molar-refractivity contribution in [2.24, 2.45) is 5.92 Å². The number of rotatable bonds is 5. The smallest absolute Gasteiger partial charge is 0.325 e. The van der Waals surface area contributed by atoms with Gasteiger partial charge in [-0.3, -0.25) is 14.6 Å². The number of benzene rings is 1. The summed E-state index contributed by atoms with van der Waals surface area (Å²) in [4.78, 5) is 29.6. The molecule has 28 heavy (non-hydrogen) atoms. The number of pyridine rings is 1. The van der Waals surface area contributed by atoms with Crippen LogP contribution in [0.3, 0.4) is 0 Å². The molecule has 1 aliphatic heterocycles. The van der Waals surface area contributed by atoms with Gasteiger partial charge < -0.3 is 15.3 Å². The number of amides is 1. The minimum atomic E-state index is -1.03. The fourth-order valence-corrected chi connectivity index (χ4v) is 3.68. The van der Waals surface area contributed by atoms with Crippen LogP contribution in [0.2, 0.25) is 10.0 Å². The van der Waals surface area contributed by atoms with Gasteiger partial charge in [0.2, 0.25) is 5.91 Å². The van der Waals surface area contributed by atoms with Gasteiger partial charge in [-0.2, -0.15) is 0 Å². The third kappa shape index (κ3) is 4.56. The minimum Gasteiger partial charge on any atom is -0.480 e. The van der Waals surface area contributed by atoms with Crippen molar-refractivity contribution in [1.29, 1.82) is 0 Å². The van der Waals surface area contributed by atoms with Crippen LogP contribution in [0.1, 0.15) is 19.8 Å². The molecule has 148 valence electrons. The van der Waals surface area contributed by atoms with E-state index in [9.17, 15) is 9.59 Å². The van der Waals surface area contributed by atoms with E-state index in [1.165, 1.54) is 6.92 Å². The molecule has 1 aliphatic rings. The van der Waals surface area contributed by atoms with Crippen molar-refractivity contribution in [2.45, 2.75) is 25.8 Å². The lowest BCUT2D eigenvalue weighted by Gasteiger charge is -2.33. The first-order valence-corrected chi connectivity index (χ1v) is 9.80. The number of piperidine rings is 1. The molecule has 1 saturated heterocycles. The fourth-order valence-electron chi connectivity index (χ4n) is 3.27. The van der Waals surface area contributed by atoms with E-state index in [0.29, 0.717) is 36.0 Å². The summed E-state index contributed by atoms with van der Waals surface area (Å²) in [5.74, 6) is -1.42. The van der Waals surface area contributed by atoms with Gasteiger partial charge in [0.25, 0.3) is 0 Å². The van der Waals surface area contributed by atoms with Crippen LogP contribution in [0.25, 0.3) is 11.1 Å². The molecule has 0 bridgehead atoms. The summed E-state index contributed by atoms with van der Waals surface area (Å²) < 4.78 is 0. The van der Waals surface area contributed by atoms with Gasteiger partial charge in [0.15, 0.2) is 0 Å². The molecule has 1 aromatic heterocycles. The van der Waals surface area contributed by atoms with Crippen LogP contribution < -0.4 is 10.2 Å². The molecule has 1 amide bonds. The van der Waals surface area contributed by atoms with Gasteiger partial charge >= 0.3 is 5.97 Å². The number of carbonyl (C=O) groups excluding carboxylic acids is 1. The molecule has 6 nitrogen and oxygen atoms in total. The van der Waals surface area contributed by atoms with Crippen molar-refractivity contribution in [3.8, 4) is 11.1 Å². The molecule has 1 aromatic carbocycles. The average molecular weight is 422 g/mol. The quantitative estimate of drug-likeness (QED) is 0.765. The third-order valence-electron chi connectivity index (χ3n) is 4.95. The number of carbonyl (C=O) groups is 2. The molecule has 0 radical (unpaired) electrons. The van der Waals surface area contributed by atoms with Crippen molar-refractivity contribution >= 4 is 40.8 Å². The van der Waals surface area contributed by atoms with E-state index < -0.39 is 12.0 Å². The number of aromatic nitrogens is 1. The first kappa shape index (κ1) is 20.4. The number of nitrogens with zero attached hydrogens (tertiary/aromatic N) is 2. The first-order valence-electron chi connectivity index (χ1n) is 9.04. The first-order chi connectivity index (χ1) is 13.4. The zero-order valence-corrected chi connectivity index (χ0v) is 16.9. The summed E-state index contributed by atoms with van der Waals surface area (Å²) in [6.07, 6.45) is 4.84. The Labute approximate surface area is 173 Å². The maximum absolute atomic E-state index is 12.2. The molecule has 2 heterocycles. The Morgan fingerprint density at radius 2 is 1.96 bits per heavy atom. The largest absolute Gasteiger partial charge is 0.480 e. The monoisotopic (exact) mass is 421 g/mol. The minimum absolute atomic E-state index is 0.184. The predicted molar refractivity (Wildman–Crippen MR) is 110 cm³/mol. The number of hydrogen-bond acceptors (Lipinski definition) is 4. The third-order valence-corrected chi connectivity index (χ3v) is 5.77. The lowest BCUT2D eigenvalue weighted by Crippen LogP contribution is -2.45. The van der Waals surface area contributed by atoms with E-state index in [1.54, 1.807) is 18.5 Å². The Morgan fingerprint density at radius 1 is 1.25 bits per heavy atom. The van der Waals surface area contributed by atoms with Crippen LogP contribution in [0.5, 0.6) is 0 Å². The summed E-state index contributed by atoms with van der Waals surface area (Å²) in [7, 11) is 0. The van der Waals surface area contributed by atoms with Crippen LogP contribution in [0.4, 0.5) is 5.69 Å². The highest BCUT2D eigenvalue weighted by atomic mass is 35.5. The van der Waals surface area contributed by atoms with E-state index in [1.807, 2.05) is 18.2 Å². The zero-order valence-electron chi connectivity index (χ0n) is 15.4. The summed E-state index contributed by atoms with van der Waals surface area (Å²) in [6, 6.07) is 6.62. The van der Waals surface area contributed by atoms with Crippen LogP contribution >= 0.6 is 23.2 Å². The Morgan fingerprint density at radius 3 is 2.64 bits per heavy atom. The number of hydrogen-bond donors (Lipinski definition) is 2. The number of anilines is 1. The normalized spacial score (nSPS) is 15.9. The van der Waals surface area contributed by atoms with Crippen molar-refractivity contribution in [2.75, 3.05) is 18.0 Å². The highest BCUT2D eigenvalue weighted by Gasteiger charge is 2.27. The highest BCUT2D eigenvalue weighted by Crippen LogP contribution is 2.35. The summed E-state index contributed by atoms with van der Waals surface area (Å²) >= 11 is 12.4. The molecule has 0 aliphatic carbocycles. The standard InChI is InChI=1S/C20H21Cl2N3O3/c1-12(20(27)28)24-19(26)13-5-7-25(8-6-13)15-9-14(10-23-11-15)16-3-2-4-17(21)18(16)22/h2-4,9-13H,5-8H2,1H3,(H,24,26)(H,27,28). The van der Waals surface area contributed by atoms with Gasteiger partial charge in [-0.1, -0.05) is 35.3 Å². The van der Waals surface area contributed by atoms with E-state index >= 15 is 0 Å². The van der Waals surface area contributed by atoms with Crippen LogP contribution in [0, 0.1) is 5.92 Å². The molecular weight excluding hydrogens is 401 g/mol. The summed E-state index contributed by atoms with van der Waals surface area (Å²) in [5, 5.41) is 12.5. The molecule has 1 fully saturated rings. The molecular formula is C20H21Cl2N3O3. The Kier molecular flexibility index (Phi) is 6.42. The van der Waals surface area contributed by atoms with Crippen molar-refractivity contribution < 1.29 is 14.7 Å². The maximum atomic E-state index is 12.2. The topological polar surface area (TPSA) is 82.5 Å². The Balaban J connectivity index is 1.67. The SMILES string of the molecule is CC(NC(=O)C1CCN(c2cncc(-c3cccc(Cl)c3Cl)c2)CC1)C(=O)O. The lowest BCUT2D eigenvalue weighted by molar-refractivity contribution is -0.142. The maximum Gasteiger partial charge on any atom is 0.325 e. The van der Waals surface area contributed by atoms with E-state index in [4.69, 9.17) is 28.3 Å². The van der Waals surface area contributed by atoms with E-state index in [2.05, 4.69) is 15.2 Å². The van der Waals surface area contributed by atoms with Crippen LogP contribution in [0.15, 0.2) is 36.7 Å². The second-order valence-corrected chi connectivity index (χ2v) is 7.65. The average Bonchev–Trinajstić information content (AvgIpc) is 2.70. The molecule has 3 rings (SSSR count). The molecule has 8 heteroatoms. The van der Waals surface area contributed by atoms with E-state index in [-0.39, 0.29) is 11.8 Å². The molecule has 0 spiro atoms. The summed E-state index contributed by atoms with van der Waals surface area (Å²) in [6.45, 7) is 2.84. The van der Waals surface area contributed by atoms with Gasteiger partial charge in [0, 0.05) is 36.3 Å². The molecule has 2 aromatic rings. The van der Waals surface area contributed by atoms with Crippen LogP contribution in [-0.4, -0.2) is 41.1 Å².